The molecule has 1 amide bonds. The second-order valence-corrected chi connectivity index (χ2v) is 11.8. The largest absolute Gasteiger partial charge is 0.350 e. The van der Waals surface area contributed by atoms with Crippen molar-refractivity contribution in [3.8, 4) is 16.9 Å². The minimum Gasteiger partial charge on any atom is -0.350 e. The summed E-state index contributed by atoms with van der Waals surface area (Å²) in [6, 6.07) is 11.1. The van der Waals surface area contributed by atoms with Crippen LogP contribution in [0, 0.1) is 23.2 Å². The predicted molar refractivity (Wildman–Crippen MR) is 137 cm³/mol. The zero-order valence-electron chi connectivity index (χ0n) is 19.2. The number of amides is 1. The molecule has 34 heavy (non-hydrogen) atoms. The SMILES string of the molecule is CC1(C)C2CCC(CNC(=O)c3nn(-c4ccc(Cl)cc4Cl)c4c3Cc3cc(Cl)ccc3-4)C1C2. The van der Waals surface area contributed by atoms with Crippen LogP contribution in [-0.4, -0.2) is 22.2 Å². The Labute approximate surface area is 214 Å². The molecule has 0 radical (unpaired) electrons. The summed E-state index contributed by atoms with van der Waals surface area (Å²) in [6.45, 7) is 5.46. The molecule has 2 bridgehead atoms. The Balaban J connectivity index is 1.35. The molecule has 176 valence electrons. The maximum Gasteiger partial charge on any atom is 0.272 e. The molecule has 4 aliphatic rings. The summed E-state index contributed by atoms with van der Waals surface area (Å²) in [7, 11) is 0. The monoisotopic (exact) mass is 513 g/mol. The number of rotatable bonds is 4. The van der Waals surface area contributed by atoms with Gasteiger partial charge in [0.25, 0.3) is 5.91 Å². The number of nitrogens with one attached hydrogen (secondary N) is 1. The van der Waals surface area contributed by atoms with Gasteiger partial charge >= 0.3 is 0 Å². The van der Waals surface area contributed by atoms with Gasteiger partial charge in [0, 0.05) is 34.1 Å². The number of carbonyl (C=O) groups excluding carboxylic acids is 1. The number of nitrogens with zero attached hydrogens (tertiary/aromatic N) is 2. The Bertz CT molecular complexity index is 1330. The van der Waals surface area contributed by atoms with Crippen molar-refractivity contribution < 1.29 is 4.79 Å². The number of hydrogen-bond acceptors (Lipinski definition) is 2. The number of carbonyl (C=O) groups is 1. The lowest BCUT2D eigenvalue weighted by Gasteiger charge is -2.60. The van der Waals surface area contributed by atoms with Gasteiger partial charge in [0.2, 0.25) is 0 Å². The lowest BCUT2D eigenvalue weighted by atomic mass is 9.45. The van der Waals surface area contributed by atoms with Crippen molar-refractivity contribution in [2.75, 3.05) is 6.54 Å². The highest BCUT2D eigenvalue weighted by Gasteiger charge is 2.54. The van der Waals surface area contributed by atoms with Crippen molar-refractivity contribution >= 4 is 40.7 Å². The average Bonchev–Trinajstić information content (AvgIpc) is 3.34. The third-order valence-electron chi connectivity index (χ3n) is 8.55. The molecule has 3 atom stereocenters. The summed E-state index contributed by atoms with van der Waals surface area (Å²) in [5, 5.41) is 9.72. The van der Waals surface area contributed by atoms with E-state index in [2.05, 4.69) is 19.2 Å². The van der Waals surface area contributed by atoms with E-state index in [1.807, 2.05) is 24.3 Å². The zero-order chi connectivity index (χ0) is 23.8. The van der Waals surface area contributed by atoms with Gasteiger partial charge in [0.1, 0.15) is 0 Å². The summed E-state index contributed by atoms with van der Waals surface area (Å²) in [6.07, 6.45) is 4.36. The third kappa shape index (κ3) is 3.41. The van der Waals surface area contributed by atoms with Crippen molar-refractivity contribution in [1.82, 2.24) is 15.1 Å². The van der Waals surface area contributed by atoms with Crippen LogP contribution in [0.3, 0.4) is 0 Å². The van der Waals surface area contributed by atoms with Crippen LogP contribution >= 0.6 is 34.8 Å². The van der Waals surface area contributed by atoms with Gasteiger partial charge in [-0.25, -0.2) is 4.68 Å². The summed E-state index contributed by atoms with van der Waals surface area (Å²) in [4.78, 5) is 13.5. The first-order chi connectivity index (χ1) is 16.2. The average molecular weight is 515 g/mol. The molecule has 1 aromatic heterocycles. The normalized spacial score (nSPS) is 23.7. The number of benzene rings is 2. The number of hydrogen-bond donors (Lipinski definition) is 1. The fourth-order valence-electron chi connectivity index (χ4n) is 6.55. The Hall–Kier alpha value is -2.01. The molecular weight excluding hydrogens is 489 g/mol. The highest BCUT2D eigenvalue weighted by atomic mass is 35.5. The molecule has 3 saturated carbocycles. The zero-order valence-corrected chi connectivity index (χ0v) is 21.4. The first-order valence-electron chi connectivity index (χ1n) is 11.9. The van der Waals surface area contributed by atoms with E-state index in [9.17, 15) is 4.79 Å². The highest BCUT2D eigenvalue weighted by molar-refractivity contribution is 6.35. The lowest BCUT2D eigenvalue weighted by molar-refractivity contribution is -0.103. The van der Waals surface area contributed by atoms with E-state index in [-0.39, 0.29) is 5.91 Å². The molecule has 0 saturated heterocycles. The van der Waals surface area contributed by atoms with Gasteiger partial charge in [-0.3, -0.25) is 4.79 Å². The second kappa shape index (κ2) is 8.01. The van der Waals surface area contributed by atoms with Crippen molar-refractivity contribution in [2.24, 2.45) is 23.2 Å². The van der Waals surface area contributed by atoms with Crippen LogP contribution in [0.1, 0.15) is 54.7 Å². The van der Waals surface area contributed by atoms with E-state index in [1.165, 1.54) is 19.3 Å². The van der Waals surface area contributed by atoms with Gasteiger partial charge in [-0.15, -0.1) is 0 Å². The van der Waals surface area contributed by atoms with E-state index < -0.39 is 0 Å². The van der Waals surface area contributed by atoms with Crippen LogP contribution in [0.4, 0.5) is 0 Å². The lowest BCUT2D eigenvalue weighted by Crippen LogP contribution is -2.54. The van der Waals surface area contributed by atoms with Crippen molar-refractivity contribution in [3.63, 3.8) is 0 Å². The summed E-state index contributed by atoms with van der Waals surface area (Å²) >= 11 is 19.0. The van der Waals surface area contributed by atoms with E-state index >= 15 is 0 Å². The first kappa shape index (κ1) is 22.5. The summed E-state index contributed by atoms with van der Waals surface area (Å²) in [5.74, 6) is 1.94. The van der Waals surface area contributed by atoms with Crippen LogP contribution in [0.5, 0.6) is 0 Å². The maximum absolute atomic E-state index is 13.5. The van der Waals surface area contributed by atoms with Crippen LogP contribution < -0.4 is 5.32 Å². The van der Waals surface area contributed by atoms with Crippen molar-refractivity contribution in [3.05, 3.63) is 68.3 Å². The molecule has 2 aromatic carbocycles. The van der Waals surface area contributed by atoms with Gasteiger partial charge < -0.3 is 5.32 Å². The van der Waals surface area contributed by atoms with Gasteiger partial charge in [0.05, 0.1) is 16.4 Å². The minimum atomic E-state index is -0.127. The van der Waals surface area contributed by atoms with Crippen LogP contribution in [-0.2, 0) is 6.42 Å². The first-order valence-corrected chi connectivity index (χ1v) is 13.0. The minimum absolute atomic E-state index is 0.127. The Morgan fingerprint density at radius 2 is 1.88 bits per heavy atom. The summed E-state index contributed by atoms with van der Waals surface area (Å²) < 4.78 is 1.78. The summed E-state index contributed by atoms with van der Waals surface area (Å²) in [5.41, 5.74) is 5.44. The fourth-order valence-corrected chi connectivity index (χ4v) is 7.23. The molecule has 4 aliphatic carbocycles. The Kier molecular flexibility index (Phi) is 5.29. The highest BCUT2D eigenvalue weighted by Crippen LogP contribution is 2.61. The molecule has 0 spiro atoms. The molecule has 1 N–H and O–H groups in total. The fraction of sp³-hybridized carbons (Fsp3) is 0.407. The predicted octanol–water partition coefficient (Wildman–Crippen LogP) is 7.21. The third-order valence-corrected chi connectivity index (χ3v) is 9.33. The molecular formula is C27H26Cl3N3O. The van der Waals surface area contributed by atoms with Gasteiger partial charge in [-0.05, 0) is 78.3 Å². The van der Waals surface area contributed by atoms with Crippen LogP contribution in [0.2, 0.25) is 15.1 Å². The Morgan fingerprint density at radius 1 is 1.12 bits per heavy atom. The van der Waals surface area contributed by atoms with Crippen molar-refractivity contribution in [1.29, 1.82) is 0 Å². The molecule has 7 heteroatoms. The van der Waals surface area contributed by atoms with E-state index in [0.29, 0.717) is 56.7 Å². The molecule has 4 nitrogen and oxygen atoms in total. The molecule has 0 aliphatic heterocycles. The molecule has 3 unspecified atom stereocenters. The topological polar surface area (TPSA) is 46.9 Å². The van der Waals surface area contributed by atoms with Gasteiger partial charge in [-0.2, -0.15) is 5.10 Å². The van der Waals surface area contributed by atoms with Crippen LogP contribution in [0.25, 0.3) is 16.9 Å². The second-order valence-electron chi connectivity index (χ2n) is 10.6. The Morgan fingerprint density at radius 3 is 2.62 bits per heavy atom. The quantitative estimate of drug-likeness (QED) is 0.313. The van der Waals surface area contributed by atoms with E-state index in [1.54, 1.807) is 16.8 Å². The van der Waals surface area contributed by atoms with Gasteiger partial charge in [-0.1, -0.05) is 54.7 Å². The smallest absolute Gasteiger partial charge is 0.272 e. The van der Waals surface area contributed by atoms with E-state index in [4.69, 9.17) is 39.9 Å². The van der Waals surface area contributed by atoms with E-state index in [0.717, 1.165) is 28.3 Å². The number of fused-ring (bicyclic) bond motifs is 5. The number of aromatic nitrogens is 2. The molecule has 3 aromatic rings. The maximum atomic E-state index is 13.5. The number of halogens is 3. The molecule has 7 rings (SSSR count). The van der Waals surface area contributed by atoms with Crippen LogP contribution in [0.15, 0.2) is 36.4 Å². The standard InChI is InChI=1S/C27H26Cl3N3O/c1-27(2)16-4-3-14(21(27)11-16)13-31-26(34)24-20-10-15-9-17(28)5-7-19(15)25(20)33(32-24)23-8-6-18(29)12-22(23)30/h5-9,12,14,16,21H,3-4,10-11,13H2,1-2H3,(H,31,34). The van der Waals surface area contributed by atoms with Crippen molar-refractivity contribution in [2.45, 2.75) is 39.5 Å². The van der Waals surface area contributed by atoms with Gasteiger partial charge in [0.15, 0.2) is 5.69 Å². The molecule has 3 fully saturated rings. The molecule has 1 heterocycles.